The Morgan fingerprint density at radius 1 is 1.37 bits per heavy atom. The van der Waals surface area contributed by atoms with E-state index in [0.717, 1.165) is 38.0 Å². The third-order valence-corrected chi connectivity index (χ3v) is 4.59. The summed E-state index contributed by atoms with van der Waals surface area (Å²) in [5.41, 5.74) is 0. The van der Waals surface area contributed by atoms with Crippen molar-refractivity contribution < 1.29 is 0 Å². The molecule has 3 nitrogen and oxygen atoms in total. The average Bonchev–Trinajstić information content (AvgIpc) is 2.76. The van der Waals surface area contributed by atoms with E-state index in [4.69, 9.17) is 0 Å². The highest BCUT2D eigenvalue weighted by Gasteiger charge is 2.23. The highest BCUT2D eigenvalue weighted by Crippen LogP contribution is 2.29. The maximum Gasteiger partial charge on any atom is 0.185 e. The molecule has 2 rings (SSSR count). The van der Waals surface area contributed by atoms with Crippen molar-refractivity contribution in [3.05, 3.63) is 11.1 Å². The fraction of sp³-hybridized carbons (Fsp3) is 0.800. The Labute approximate surface area is 121 Å². The van der Waals surface area contributed by atoms with Crippen molar-refractivity contribution in [2.24, 2.45) is 17.8 Å². The molecule has 0 aromatic carbocycles. The van der Waals surface area contributed by atoms with Crippen LogP contribution in [0.2, 0.25) is 0 Å². The molecule has 1 saturated heterocycles. The minimum atomic E-state index is 0.705. The van der Waals surface area contributed by atoms with E-state index >= 15 is 0 Å². The van der Waals surface area contributed by atoms with Gasteiger partial charge in [0.2, 0.25) is 0 Å². The second-order valence-electron chi connectivity index (χ2n) is 6.48. The van der Waals surface area contributed by atoms with Crippen LogP contribution in [0.1, 0.15) is 39.0 Å². The van der Waals surface area contributed by atoms with E-state index in [2.05, 4.69) is 42.9 Å². The first-order valence-electron chi connectivity index (χ1n) is 7.45. The molecule has 0 saturated carbocycles. The molecular weight excluding hydrogens is 254 g/mol. The lowest BCUT2D eigenvalue weighted by Crippen LogP contribution is -2.38. The smallest absolute Gasteiger partial charge is 0.185 e. The van der Waals surface area contributed by atoms with Gasteiger partial charge in [-0.1, -0.05) is 27.7 Å². The zero-order chi connectivity index (χ0) is 13.8. The van der Waals surface area contributed by atoms with Gasteiger partial charge in [-0.25, -0.2) is 4.98 Å². The minimum absolute atomic E-state index is 0.705. The summed E-state index contributed by atoms with van der Waals surface area (Å²) >= 11 is 1.85. The van der Waals surface area contributed by atoms with Crippen molar-refractivity contribution in [1.82, 2.24) is 10.3 Å². The first-order chi connectivity index (χ1) is 9.04. The van der Waals surface area contributed by atoms with E-state index < -0.39 is 0 Å². The zero-order valence-corrected chi connectivity index (χ0v) is 13.5. The largest absolute Gasteiger partial charge is 0.348 e. The van der Waals surface area contributed by atoms with Crippen molar-refractivity contribution in [3.8, 4) is 0 Å². The standard InChI is InChI=1S/C15H27N3S/c1-11(2)6-16-7-14-8-17-15(19-14)18-9-12(3)5-13(4)10-18/h8,11-13,16H,5-7,9-10H2,1-4H3. The molecule has 0 bridgehead atoms. The van der Waals surface area contributed by atoms with E-state index in [1.54, 1.807) is 0 Å². The van der Waals surface area contributed by atoms with Crippen LogP contribution < -0.4 is 10.2 Å². The van der Waals surface area contributed by atoms with Gasteiger partial charge in [-0.3, -0.25) is 0 Å². The van der Waals surface area contributed by atoms with E-state index in [1.165, 1.54) is 16.4 Å². The number of hydrogen-bond acceptors (Lipinski definition) is 4. The second kappa shape index (κ2) is 6.71. The SMILES string of the molecule is CC(C)CNCc1cnc(N2CC(C)CC(C)C2)s1. The second-order valence-corrected chi connectivity index (χ2v) is 7.58. The summed E-state index contributed by atoms with van der Waals surface area (Å²) in [4.78, 5) is 8.43. The molecule has 0 spiro atoms. The molecule has 1 aromatic heterocycles. The van der Waals surface area contributed by atoms with Gasteiger partial charge >= 0.3 is 0 Å². The number of hydrogen-bond donors (Lipinski definition) is 1. The molecule has 0 radical (unpaired) electrons. The van der Waals surface area contributed by atoms with Gasteiger partial charge in [0.25, 0.3) is 0 Å². The Balaban J connectivity index is 1.89. The molecule has 1 aliphatic rings. The Bertz CT molecular complexity index is 378. The summed E-state index contributed by atoms with van der Waals surface area (Å²) in [5, 5.41) is 4.69. The molecule has 1 aromatic rings. The van der Waals surface area contributed by atoms with Gasteiger partial charge in [0, 0.05) is 30.7 Å². The maximum atomic E-state index is 4.61. The normalized spacial score (nSPS) is 24.2. The number of rotatable bonds is 5. The molecule has 1 N–H and O–H groups in total. The summed E-state index contributed by atoms with van der Waals surface area (Å²) < 4.78 is 0. The summed E-state index contributed by atoms with van der Waals surface area (Å²) in [7, 11) is 0. The number of nitrogens with one attached hydrogen (secondary N) is 1. The number of aromatic nitrogens is 1. The van der Waals surface area contributed by atoms with Crippen molar-refractivity contribution in [3.63, 3.8) is 0 Å². The fourth-order valence-corrected chi connectivity index (χ4v) is 3.73. The van der Waals surface area contributed by atoms with Gasteiger partial charge in [-0.2, -0.15) is 0 Å². The average molecular weight is 281 g/mol. The van der Waals surface area contributed by atoms with E-state index in [1.807, 2.05) is 17.5 Å². The van der Waals surface area contributed by atoms with Crippen LogP contribution in [-0.2, 0) is 6.54 Å². The van der Waals surface area contributed by atoms with Crippen molar-refractivity contribution >= 4 is 16.5 Å². The molecule has 2 heterocycles. The summed E-state index contributed by atoms with van der Waals surface area (Å²) in [6.45, 7) is 13.5. The highest BCUT2D eigenvalue weighted by atomic mass is 32.1. The van der Waals surface area contributed by atoms with Crippen LogP contribution in [0.4, 0.5) is 5.13 Å². The van der Waals surface area contributed by atoms with Crippen LogP contribution >= 0.6 is 11.3 Å². The Hall–Kier alpha value is -0.610. The lowest BCUT2D eigenvalue weighted by Gasteiger charge is -2.34. The number of nitrogens with zero attached hydrogens (tertiary/aromatic N) is 2. The summed E-state index contributed by atoms with van der Waals surface area (Å²) in [6.07, 6.45) is 3.39. The van der Waals surface area contributed by atoms with E-state index in [0.29, 0.717) is 5.92 Å². The molecule has 2 atom stereocenters. The van der Waals surface area contributed by atoms with Gasteiger partial charge in [-0.15, -0.1) is 11.3 Å². The molecule has 108 valence electrons. The Kier molecular flexibility index (Phi) is 5.22. The molecule has 1 fully saturated rings. The van der Waals surface area contributed by atoms with Crippen molar-refractivity contribution in [2.45, 2.75) is 40.7 Å². The molecule has 2 unspecified atom stereocenters. The Morgan fingerprint density at radius 3 is 2.68 bits per heavy atom. The molecule has 0 amide bonds. The van der Waals surface area contributed by atoms with Gasteiger partial charge in [-0.05, 0) is 30.7 Å². The van der Waals surface area contributed by atoms with Crippen LogP contribution in [0.3, 0.4) is 0 Å². The minimum Gasteiger partial charge on any atom is -0.348 e. The van der Waals surface area contributed by atoms with E-state index in [9.17, 15) is 0 Å². The van der Waals surface area contributed by atoms with Crippen molar-refractivity contribution in [1.29, 1.82) is 0 Å². The van der Waals surface area contributed by atoms with Crippen LogP contribution in [-0.4, -0.2) is 24.6 Å². The predicted octanol–water partition coefficient (Wildman–Crippen LogP) is 3.37. The van der Waals surface area contributed by atoms with Crippen LogP contribution in [0, 0.1) is 17.8 Å². The van der Waals surface area contributed by atoms with Gasteiger partial charge < -0.3 is 10.2 Å². The highest BCUT2D eigenvalue weighted by molar-refractivity contribution is 7.15. The third-order valence-electron chi connectivity index (χ3n) is 3.53. The number of thiazole rings is 1. The summed E-state index contributed by atoms with van der Waals surface area (Å²) in [6, 6.07) is 0. The Morgan fingerprint density at radius 2 is 2.05 bits per heavy atom. The molecule has 1 aliphatic heterocycles. The lowest BCUT2D eigenvalue weighted by molar-refractivity contribution is 0.356. The van der Waals surface area contributed by atoms with Gasteiger partial charge in [0.1, 0.15) is 0 Å². The van der Waals surface area contributed by atoms with Crippen LogP contribution in [0.15, 0.2) is 6.20 Å². The third kappa shape index (κ3) is 4.46. The lowest BCUT2D eigenvalue weighted by atomic mass is 9.92. The van der Waals surface area contributed by atoms with E-state index in [-0.39, 0.29) is 0 Å². The summed E-state index contributed by atoms with van der Waals surface area (Å²) in [5.74, 6) is 2.28. The molecule has 0 aliphatic carbocycles. The van der Waals surface area contributed by atoms with Crippen LogP contribution in [0.5, 0.6) is 0 Å². The van der Waals surface area contributed by atoms with Crippen LogP contribution in [0.25, 0.3) is 0 Å². The topological polar surface area (TPSA) is 28.2 Å². The fourth-order valence-electron chi connectivity index (χ4n) is 2.83. The monoisotopic (exact) mass is 281 g/mol. The molecular formula is C15H27N3S. The number of piperidine rings is 1. The zero-order valence-electron chi connectivity index (χ0n) is 12.6. The molecule has 4 heteroatoms. The van der Waals surface area contributed by atoms with Gasteiger partial charge in [0.15, 0.2) is 5.13 Å². The number of anilines is 1. The molecule has 19 heavy (non-hydrogen) atoms. The van der Waals surface area contributed by atoms with Gasteiger partial charge in [0.05, 0.1) is 0 Å². The predicted molar refractivity (Wildman–Crippen MR) is 83.8 cm³/mol. The first kappa shape index (κ1) is 14.8. The first-order valence-corrected chi connectivity index (χ1v) is 8.26. The van der Waals surface area contributed by atoms with Crippen molar-refractivity contribution in [2.75, 3.05) is 24.5 Å². The quantitative estimate of drug-likeness (QED) is 0.897. The maximum absolute atomic E-state index is 4.61.